The van der Waals surface area contributed by atoms with E-state index >= 15 is 0 Å². The number of hydrogen-bond donors (Lipinski definition) is 1. The van der Waals surface area contributed by atoms with Gasteiger partial charge in [-0.25, -0.2) is 9.78 Å². The number of pyridine rings is 2. The number of aliphatic hydroxyl groups is 1. The smallest absolute Gasteiger partial charge is 0.343 e. The first-order valence-electron chi connectivity index (χ1n) is 10.7. The summed E-state index contributed by atoms with van der Waals surface area (Å²) in [5, 5.41) is 12.2. The van der Waals surface area contributed by atoms with Crippen molar-refractivity contribution < 1.29 is 14.6 Å². The van der Waals surface area contributed by atoms with Gasteiger partial charge in [-0.1, -0.05) is 44.3 Å². The molecule has 0 bridgehead atoms. The van der Waals surface area contributed by atoms with Gasteiger partial charge in [-0.2, -0.15) is 0 Å². The summed E-state index contributed by atoms with van der Waals surface area (Å²) in [6, 6.07) is 11.0. The lowest BCUT2D eigenvalue weighted by Gasteiger charge is -2.31. The van der Waals surface area contributed by atoms with Gasteiger partial charge in [0.25, 0.3) is 5.56 Å². The molecule has 2 aromatic heterocycles. The highest BCUT2D eigenvalue weighted by atomic mass is 28.3. The first-order chi connectivity index (χ1) is 14.8. The van der Waals surface area contributed by atoms with E-state index < -0.39 is 20.4 Å². The largest absolute Gasteiger partial charge is 0.458 e. The molecule has 0 amide bonds. The summed E-state index contributed by atoms with van der Waals surface area (Å²) in [5.74, 6) is -0.696. The molecule has 1 aromatic carbocycles. The molecule has 1 radical (unpaired) electrons. The second-order valence-electron chi connectivity index (χ2n) is 8.74. The third-order valence-corrected chi connectivity index (χ3v) is 7.84. The van der Waals surface area contributed by atoms with Gasteiger partial charge in [-0.15, -0.1) is 0 Å². The summed E-state index contributed by atoms with van der Waals surface area (Å²) >= 11 is 0. The number of ether oxygens (including phenoxy) is 1. The van der Waals surface area contributed by atoms with Crippen LogP contribution in [0.5, 0.6) is 0 Å². The van der Waals surface area contributed by atoms with Gasteiger partial charge in [0.05, 0.1) is 29.0 Å². The molecule has 1 atom stereocenters. The molecule has 1 N–H and O–H groups in total. The fraction of sp³-hybridized carbons (Fsp3) is 0.375. The molecule has 6 nitrogen and oxygen atoms in total. The molecule has 0 spiro atoms. The summed E-state index contributed by atoms with van der Waals surface area (Å²) in [5.41, 5.74) is 3.40. The van der Waals surface area contributed by atoms with Crippen molar-refractivity contribution in [2.45, 2.75) is 57.7 Å². The van der Waals surface area contributed by atoms with Crippen LogP contribution in [0.15, 0.2) is 35.1 Å². The van der Waals surface area contributed by atoms with Gasteiger partial charge in [0.1, 0.15) is 6.61 Å². The van der Waals surface area contributed by atoms with Gasteiger partial charge in [-0.05, 0) is 30.5 Å². The Hall–Kier alpha value is -2.77. The SMILES string of the molecule is CC[C@@]1(O)C(=O)OCc2c1cc1n(c2=O)Cc2c-1nc1ccccc1c2CC[Si](C)C. The number of fused-ring (bicyclic) bond motifs is 5. The van der Waals surface area contributed by atoms with Crippen molar-refractivity contribution >= 4 is 25.7 Å². The second-order valence-corrected chi connectivity index (χ2v) is 11.7. The fourth-order valence-corrected chi connectivity index (χ4v) is 5.52. The number of carbonyl (C=O) groups is 1. The van der Waals surface area contributed by atoms with Gasteiger partial charge < -0.3 is 14.4 Å². The monoisotopic (exact) mass is 433 g/mol. The Balaban J connectivity index is 1.77. The molecule has 2 aliphatic rings. The van der Waals surface area contributed by atoms with Gasteiger partial charge in [0, 0.05) is 25.3 Å². The predicted molar refractivity (Wildman–Crippen MR) is 121 cm³/mol. The normalized spacial score (nSPS) is 19.3. The zero-order chi connectivity index (χ0) is 21.9. The van der Waals surface area contributed by atoms with Crippen molar-refractivity contribution in [2.24, 2.45) is 0 Å². The van der Waals surface area contributed by atoms with Crippen molar-refractivity contribution in [1.82, 2.24) is 9.55 Å². The topological polar surface area (TPSA) is 81.4 Å². The number of esters is 1. The van der Waals surface area contributed by atoms with E-state index in [9.17, 15) is 14.7 Å². The number of aryl methyl sites for hydroxylation is 1. The van der Waals surface area contributed by atoms with Crippen LogP contribution in [0, 0.1) is 0 Å². The minimum atomic E-state index is -1.80. The molecule has 31 heavy (non-hydrogen) atoms. The average Bonchev–Trinajstić information content (AvgIpc) is 3.13. The molecule has 0 saturated heterocycles. The Labute approximate surface area is 182 Å². The fourth-order valence-electron chi connectivity index (χ4n) is 4.77. The first kappa shape index (κ1) is 20.1. The maximum Gasteiger partial charge on any atom is 0.343 e. The van der Waals surface area contributed by atoms with Crippen molar-refractivity contribution in [1.29, 1.82) is 0 Å². The second kappa shape index (κ2) is 7.14. The van der Waals surface area contributed by atoms with E-state index in [1.807, 2.05) is 18.2 Å². The molecular formula is C24H25N2O4Si. The standard InChI is InChI=1S/C24H25N2O4Si/c1-4-24(29)18-11-20-21-16(12-26(20)22(27)17(18)13-30-23(24)28)14(9-10-31(2)3)15-7-5-6-8-19(15)25-21/h5-8,11,29H,4,9-10,12-13H2,1-3H3/t24-/m0/s1. The maximum absolute atomic E-state index is 13.4. The molecule has 0 fully saturated rings. The van der Waals surface area contributed by atoms with Crippen LogP contribution < -0.4 is 5.56 Å². The number of nitrogens with zero attached hydrogens (tertiary/aromatic N) is 2. The molecule has 0 aliphatic carbocycles. The Kier molecular flexibility index (Phi) is 4.64. The van der Waals surface area contributed by atoms with Crippen LogP contribution >= 0.6 is 0 Å². The predicted octanol–water partition coefficient (Wildman–Crippen LogP) is 3.38. The molecule has 7 heteroatoms. The molecule has 0 saturated carbocycles. The summed E-state index contributed by atoms with van der Waals surface area (Å²) in [7, 11) is -0.405. The quantitative estimate of drug-likeness (QED) is 0.394. The molecular weight excluding hydrogens is 408 g/mol. The van der Waals surface area contributed by atoms with Crippen LogP contribution in [-0.2, 0) is 34.7 Å². The van der Waals surface area contributed by atoms with Gasteiger partial charge in [0.2, 0.25) is 0 Å². The molecule has 159 valence electrons. The van der Waals surface area contributed by atoms with E-state index in [0.717, 1.165) is 34.6 Å². The van der Waals surface area contributed by atoms with Crippen molar-refractivity contribution in [3.8, 4) is 11.4 Å². The number of aromatic nitrogens is 2. The summed E-state index contributed by atoms with van der Waals surface area (Å²) in [4.78, 5) is 30.7. The Morgan fingerprint density at radius 1 is 1.23 bits per heavy atom. The lowest BCUT2D eigenvalue weighted by atomic mass is 9.86. The zero-order valence-corrected chi connectivity index (χ0v) is 19.0. The lowest BCUT2D eigenvalue weighted by Crippen LogP contribution is -2.44. The summed E-state index contributed by atoms with van der Waals surface area (Å²) in [6.07, 6.45) is 1.10. The number of rotatable bonds is 4. The Bertz CT molecular complexity index is 1300. The summed E-state index contributed by atoms with van der Waals surface area (Å²) in [6.45, 7) is 6.69. The third kappa shape index (κ3) is 2.91. The van der Waals surface area contributed by atoms with Gasteiger partial charge in [0.15, 0.2) is 5.60 Å². The Morgan fingerprint density at radius 2 is 2.00 bits per heavy atom. The minimum Gasteiger partial charge on any atom is -0.458 e. The number of para-hydroxylation sites is 1. The minimum absolute atomic E-state index is 0.106. The number of carbonyl (C=O) groups excluding carboxylic acids is 1. The summed E-state index contributed by atoms with van der Waals surface area (Å²) < 4.78 is 6.89. The van der Waals surface area contributed by atoms with Crippen molar-refractivity contribution in [3.05, 3.63) is 62.9 Å². The van der Waals surface area contributed by atoms with E-state index in [1.165, 1.54) is 5.56 Å². The average molecular weight is 434 g/mol. The highest BCUT2D eigenvalue weighted by Crippen LogP contribution is 2.40. The van der Waals surface area contributed by atoms with E-state index in [0.29, 0.717) is 23.4 Å². The van der Waals surface area contributed by atoms with Crippen molar-refractivity contribution in [3.63, 3.8) is 0 Å². The van der Waals surface area contributed by atoms with E-state index in [4.69, 9.17) is 9.72 Å². The van der Waals surface area contributed by atoms with Gasteiger partial charge >= 0.3 is 5.97 Å². The van der Waals surface area contributed by atoms with Crippen LogP contribution in [0.2, 0.25) is 19.1 Å². The van der Waals surface area contributed by atoms with Gasteiger partial charge in [-0.3, -0.25) is 4.79 Å². The molecule has 0 unspecified atom stereocenters. The third-order valence-electron chi connectivity index (χ3n) is 6.59. The van der Waals surface area contributed by atoms with Crippen LogP contribution in [-0.4, -0.2) is 29.4 Å². The van der Waals surface area contributed by atoms with Crippen LogP contribution in [0.4, 0.5) is 0 Å². The highest BCUT2D eigenvalue weighted by Gasteiger charge is 2.45. The molecule has 5 rings (SSSR count). The lowest BCUT2D eigenvalue weighted by molar-refractivity contribution is -0.172. The molecule has 4 heterocycles. The van der Waals surface area contributed by atoms with Crippen LogP contribution in [0.25, 0.3) is 22.3 Å². The van der Waals surface area contributed by atoms with E-state index in [2.05, 4.69) is 19.2 Å². The van der Waals surface area contributed by atoms with Crippen molar-refractivity contribution in [2.75, 3.05) is 0 Å². The van der Waals surface area contributed by atoms with E-state index in [1.54, 1.807) is 17.6 Å². The number of cyclic esters (lactones) is 1. The maximum atomic E-state index is 13.4. The van der Waals surface area contributed by atoms with Crippen LogP contribution in [0.3, 0.4) is 0 Å². The Morgan fingerprint density at radius 3 is 2.74 bits per heavy atom. The number of benzene rings is 1. The highest BCUT2D eigenvalue weighted by molar-refractivity contribution is 6.55. The first-order valence-corrected chi connectivity index (χ1v) is 13.4. The molecule has 3 aromatic rings. The van der Waals surface area contributed by atoms with Crippen LogP contribution in [0.1, 0.15) is 35.6 Å². The van der Waals surface area contributed by atoms with E-state index in [-0.39, 0.29) is 18.6 Å². The molecule has 2 aliphatic heterocycles. The number of hydrogen-bond acceptors (Lipinski definition) is 5. The zero-order valence-electron chi connectivity index (χ0n) is 18.0.